The second-order valence-corrected chi connectivity index (χ2v) is 9.24. The Morgan fingerprint density at radius 2 is 1.86 bits per heavy atom. The largest absolute Gasteiger partial charge is 0.479 e. The van der Waals surface area contributed by atoms with Crippen molar-refractivity contribution in [3.05, 3.63) is 47.5 Å². The number of amides is 2. The predicted molar refractivity (Wildman–Crippen MR) is 128 cm³/mol. The minimum absolute atomic E-state index is 0.0909. The van der Waals surface area contributed by atoms with Crippen LogP contribution in [-0.4, -0.2) is 49.0 Å². The minimum Gasteiger partial charge on any atom is -0.479 e. The molecule has 1 aliphatic carbocycles. The molecule has 7 nitrogen and oxygen atoms in total. The van der Waals surface area contributed by atoms with Gasteiger partial charge in [-0.25, -0.2) is 0 Å². The van der Waals surface area contributed by atoms with Crippen molar-refractivity contribution in [2.75, 3.05) is 30.0 Å². The summed E-state index contributed by atoms with van der Waals surface area (Å²) in [7, 11) is 3.90. The van der Waals surface area contributed by atoms with Gasteiger partial charge in [0.25, 0.3) is 11.8 Å². The molecule has 0 aromatic heterocycles. The summed E-state index contributed by atoms with van der Waals surface area (Å²) in [6.45, 7) is 1.63. The lowest BCUT2D eigenvalue weighted by atomic mass is 9.89. The fraction of sp³-hybridized carbons (Fsp3) is 0.440. The quantitative estimate of drug-likeness (QED) is 0.552. The Hall–Kier alpha value is -3.27. The van der Waals surface area contributed by atoms with E-state index in [0.717, 1.165) is 37.8 Å². The fourth-order valence-corrected chi connectivity index (χ4v) is 4.62. The molecular formula is C25H29F3N4O3. The monoisotopic (exact) mass is 490 g/mol. The molecule has 0 spiro atoms. The average Bonchev–Trinajstić information content (AvgIpc) is 2.79. The molecule has 2 aliphatic rings. The highest BCUT2D eigenvalue weighted by molar-refractivity contribution is 6.08. The number of carbonyl (C=O) groups is 2. The third-order valence-electron chi connectivity index (χ3n) is 6.49. The van der Waals surface area contributed by atoms with E-state index in [9.17, 15) is 22.8 Å². The molecule has 2 amide bonds. The molecule has 1 aliphatic heterocycles. The Bertz CT molecular complexity index is 1120. The van der Waals surface area contributed by atoms with Gasteiger partial charge in [-0.2, -0.15) is 13.2 Å². The van der Waals surface area contributed by atoms with E-state index in [1.165, 1.54) is 6.07 Å². The smallest absolute Gasteiger partial charge is 0.416 e. The lowest BCUT2D eigenvalue weighted by Crippen LogP contribution is -2.45. The zero-order valence-electron chi connectivity index (χ0n) is 19.8. The van der Waals surface area contributed by atoms with Gasteiger partial charge in [0, 0.05) is 23.5 Å². The fourth-order valence-electron chi connectivity index (χ4n) is 4.62. The number of alkyl halides is 3. The van der Waals surface area contributed by atoms with Crippen LogP contribution < -0.4 is 20.7 Å². The summed E-state index contributed by atoms with van der Waals surface area (Å²) in [6.07, 6.45) is -1.43. The summed E-state index contributed by atoms with van der Waals surface area (Å²) in [6, 6.07) is 7.94. The van der Waals surface area contributed by atoms with E-state index in [4.69, 9.17) is 4.74 Å². The third-order valence-corrected chi connectivity index (χ3v) is 6.49. The van der Waals surface area contributed by atoms with Crippen LogP contribution in [0.1, 0.15) is 48.5 Å². The van der Waals surface area contributed by atoms with E-state index >= 15 is 0 Å². The number of anilines is 3. The van der Waals surface area contributed by atoms with E-state index in [2.05, 4.69) is 20.9 Å². The summed E-state index contributed by atoms with van der Waals surface area (Å²) in [5, 5.41) is 8.68. The Kier molecular flexibility index (Phi) is 6.93. The number of nitrogens with zero attached hydrogens (tertiary/aromatic N) is 1. The van der Waals surface area contributed by atoms with Gasteiger partial charge in [-0.05, 0) is 70.3 Å². The minimum atomic E-state index is -4.53. The van der Waals surface area contributed by atoms with Crippen molar-refractivity contribution in [3.63, 3.8) is 0 Å². The van der Waals surface area contributed by atoms with Crippen LogP contribution in [0.25, 0.3) is 0 Å². The van der Waals surface area contributed by atoms with E-state index < -0.39 is 23.8 Å². The second-order valence-electron chi connectivity index (χ2n) is 9.24. The number of benzene rings is 2. The third kappa shape index (κ3) is 5.53. The SMILES string of the molecule is C[C@H]1Oc2ccc(NC(=O)c3ccc(C(F)(F)F)cc3N[C@@H]3CCCC[C@H]3N(C)C)cc2NC1=O. The number of halogens is 3. The molecule has 1 fully saturated rings. The summed E-state index contributed by atoms with van der Waals surface area (Å²) in [5.41, 5.74) is 0.207. The van der Waals surface area contributed by atoms with E-state index in [1.807, 2.05) is 14.1 Å². The van der Waals surface area contributed by atoms with Crippen LogP contribution in [0.5, 0.6) is 5.75 Å². The molecule has 188 valence electrons. The number of hydrogen-bond acceptors (Lipinski definition) is 5. The molecule has 2 aromatic carbocycles. The standard InChI is InChI=1S/C25H29F3N4O3/c1-14-23(33)31-20-13-16(9-11-22(20)35-14)29-24(34)17-10-8-15(25(26,27)28)12-19(17)30-18-6-4-5-7-21(18)32(2)3/h8-14,18,21,30H,4-7H2,1-3H3,(H,29,34)(H,31,33)/t14-,18-,21-/m1/s1. The van der Waals surface area contributed by atoms with Gasteiger partial charge in [0.1, 0.15) is 5.75 Å². The maximum atomic E-state index is 13.5. The number of ether oxygens (including phenoxy) is 1. The first kappa shape index (κ1) is 24.8. The molecule has 3 N–H and O–H groups in total. The molecule has 1 heterocycles. The molecule has 4 rings (SSSR count). The first-order valence-corrected chi connectivity index (χ1v) is 11.6. The molecule has 35 heavy (non-hydrogen) atoms. The van der Waals surface area contributed by atoms with Crippen molar-refractivity contribution < 1.29 is 27.5 Å². The molecule has 1 saturated carbocycles. The number of nitrogens with one attached hydrogen (secondary N) is 3. The first-order valence-electron chi connectivity index (χ1n) is 11.6. The summed E-state index contributed by atoms with van der Waals surface area (Å²) >= 11 is 0. The van der Waals surface area contributed by atoms with Crippen LogP contribution in [-0.2, 0) is 11.0 Å². The zero-order chi connectivity index (χ0) is 25.3. The van der Waals surface area contributed by atoms with Crippen LogP contribution in [0.3, 0.4) is 0 Å². The number of rotatable bonds is 5. The lowest BCUT2D eigenvalue weighted by Gasteiger charge is -2.37. The van der Waals surface area contributed by atoms with Crippen LogP contribution >= 0.6 is 0 Å². The van der Waals surface area contributed by atoms with Crippen LogP contribution in [0.15, 0.2) is 36.4 Å². The highest BCUT2D eigenvalue weighted by atomic mass is 19.4. The van der Waals surface area contributed by atoms with E-state index in [-0.39, 0.29) is 29.2 Å². The van der Waals surface area contributed by atoms with Gasteiger partial charge >= 0.3 is 6.18 Å². The number of fused-ring (bicyclic) bond motifs is 1. The second kappa shape index (κ2) is 9.77. The number of likely N-dealkylation sites (N-methyl/N-ethyl adjacent to an activating group) is 1. The van der Waals surface area contributed by atoms with E-state index in [0.29, 0.717) is 17.1 Å². The van der Waals surface area contributed by atoms with Crippen LogP contribution in [0.2, 0.25) is 0 Å². The van der Waals surface area contributed by atoms with Crippen molar-refractivity contribution in [2.24, 2.45) is 0 Å². The van der Waals surface area contributed by atoms with Gasteiger partial charge in [0.15, 0.2) is 6.10 Å². The van der Waals surface area contributed by atoms with E-state index in [1.54, 1.807) is 25.1 Å². The Labute approximate surface area is 202 Å². The summed E-state index contributed by atoms with van der Waals surface area (Å²) in [5.74, 6) is -0.396. The molecule has 0 radical (unpaired) electrons. The molecule has 3 atom stereocenters. The molecule has 0 saturated heterocycles. The van der Waals surface area contributed by atoms with Crippen LogP contribution in [0.4, 0.5) is 30.2 Å². The number of carbonyl (C=O) groups excluding carboxylic acids is 2. The van der Waals surface area contributed by atoms with Gasteiger partial charge in [-0.15, -0.1) is 0 Å². The highest BCUT2D eigenvalue weighted by Gasteiger charge is 2.33. The predicted octanol–water partition coefficient (Wildman–Crippen LogP) is 4.96. The van der Waals surface area contributed by atoms with Gasteiger partial charge in [-0.3, -0.25) is 9.59 Å². The summed E-state index contributed by atoms with van der Waals surface area (Å²) < 4.78 is 45.9. The Balaban J connectivity index is 1.61. The van der Waals surface area contributed by atoms with Crippen molar-refractivity contribution in [3.8, 4) is 5.75 Å². The van der Waals surface area contributed by atoms with Crippen molar-refractivity contribution >= 4 is 28.9 Å². The summed E-state index contributed by atoms with van der Waals surface area (Å²) in [4.78, 5) is 27.1. The van der Waals surface area contributed by atoms with Gasteiger partial charge in [0.05, 0.1) is 16.8 Å². The molecule has 0 bridgehead atoms. The van der Waals surface area contributed by atoms with Crippen molar-refractivity contribution in [1.82, 2.24) is 4.90 Å². The maximum Gasteiger partial charge on any atom is 0.416 e. The Morgan fingerprint density at radius 1 is 1.11 bits per heavy atom. The van der Waals surface area contributed by atoms with Crippen molar-refractivity contribution in [2.45, 2.75) is 57.0 Å². The van der Waals surface area contributed by atoms with Crippen molar-refractivity contribution in [1.29, 1.82) is 0 Å². The van der Waals surface area contributed by atoms with Crippen LogP contribution in [0, 0.1) is 0 Å². The maximum absolute atomic E-state index is 13.5. The molecule has 0 unspecified atom stereocenters. The first-order chi connectivity index (χ1) is 16.5. The van der Waals surface area contributed by atoms with Gasteiger partial charge < -0.3 is 25.6 Å². The molecular weight excluding hydrogens is 461 g/mol. The average molecular weight is 491 g/mol. The topological polar surface area (TPSA) is 82.7 Å². The Morgan fingerprint density at radius 3 is 2.57 bits per heavy atom. The zero-order valence-corrected chi connectivity index (χ0v) is 19.8. The normalized spacial score (nSPS) is 22.1. The highest BCUT2D eigenvalue weighted by Crippen LogP contribution is 2.35. The number of hydrogen-bond donors (Lipinski definition) is 3. The lowest BCUT2D eigenvalue weighted by molar-refractivity contribution is -0.137. The molecule has 10 heteroatoms. The molecule has 2 aromatic rings. The van der Waals surface area contributed by atoms with Gasteiger partial charge in [-0.1, -0.05) is 12.8 Å². The van der Waals surface area contributed by atoms with Gasteiger partial charge in [0.2, 0.25) is 0 Å².